The van der Waals surface area contributed by atoms with Crippen LogP contribution in [0.3, 0.4) is 0 Å². The molecule has 1 fully saturated rings. The largest absolute Gasteiger partial charge is 0.497 e. The molecule has 1 heterocycles. The number of hydrogen-bond donors (Lipinski definition) is 1. The number of hydrogen-bond acceptors (Lipinski definition) is 4. The predicted molar refractivity (Wildman–Crippen MR) is 85.2 cm³/mol. The molecule has 120 valence electrons. The van der Waals surface area contributed by atoms with Gasteiger partial charge in [0, 0.05) is 37.5 Å². The summed E-state index contributed by atoms with van der Waals surface area (Å²) < 4.78 is 5.07. The maximum atomic E-state index is 12.3. The molecule has 1 N–H and O–H groups in total. The Hall–Kier alpha value is -1.88. The molecule has 0 radical (unpaired) electrons. The topological polar surface area (TPSA) is 58.6 Å². The Morgan fingerprint density at radius 3 is 2.64 bits per heavy atom. The first-order chi connectivity index (χ1) is 10.7. The lowest BCUT2D eigenvalue weighted by atomic mass is 10.1. The summed E-state index contributed by atoms with van der Waals surface area (Å²) in [6, 6.07) is 7.28. The van der Waals surface area contributed by atoms with Crippen molar-refractivity contribution in [1.82, 2.24) is 10.2 Å². The number of likely N-dealkylation sites (tertiary alicyclic amines) is 1. The van der Waals surface area contributed by atoms with Gasteiger partial charge in [0.15, 0.2) is 5.78 Å². The van der Waals surface area contributed by atoms with E-state index in [0.29, 0.717) is 5.56 Å². The number of ketones is 1. The van der Waals surface area contributed by atoms with E-state index in [1.165, 1.54) is 0 Å². The zero-order valence-corrected chi connectivity index (χ0v) is 13.3. The summed E-state index contributed by atoms with van der Waals surface area (Å²) in [7, 11) is 3.49. The van der Waals surface area contributed by atoms with Crippen LogP contribution in [0.2, 0.25) is 0 Å². The van der Waals surface area contributed by atoms with Crippen molar-refractivity contribution in [3.8, 4) is 5.75 Å². The molecule has 1 unspecified atom stereocenters. The Labute approximate surface area is 131 Å². The summed E-state index contributed by atoms with van der Waals surface area (Å²) in [6.45, 7) is 1.63. The van der Waals surface area contributed by atoms with E-state index in [9.17, 15) is 9.59 Å². The standard InChI is InChI=1S/C17H24N2O3/c1-18-12-14-4-3-11-19(14)17(21)10-9-16(20)13-5-7-15(22-2)8-6-13/h5-8,14,18H,3-4,9-12H2,1-2H3. The fourth-order valence-corrected chi connectivity index (χ4v) is 2.90. The zero-order valence-electron chi connectivity index (χ0n) is 13.3. The van der Waals surface area contributed by atoms with Gasteiger partial charge in [-0.3, -0.25) is 9.59 Å². The Kier molecular flexibility index (Phi) is 5.95. The average molecular weight is 304 g/mol. The van der Waals surface area contributed by atoms with E-state index in [0.717, 1.165) is 31.7 Å². The van der Waals surface area contributed by atoms with Gasteiger partial charge < -0.3 is 15.0 Å². The van der Waals surface area contributed by atoms with E-state index in [2.05, 4.69) is 5.32 Å². The number of rotatable bonds is 7. The highest BCUT2D eigenvalue weighted by atomic mass is 16.5. The SMILES string of the molecule is CNCC1CCCN1C(=O)CCC(=O)c1ccc(OC)cc1. The number of likely N-dealkylation sites (N-methyl/N-ethyl adjacent to an activating group) is 1. The fraction of sp³-hybridized carbons (Fsp3) is 0.529. The van der Waals surface area contributed by atoms with Gasteiger partial charge in [0.2, 0.25) is 5.91 Å². The van der Waals surface area contributed by atoms with Crippen LogP contribution in [0.4, 0.5) is 0 Å². The number of amides is 1. The van der Waals surface area contributed by atoms with Crippen molar-refractivity contribution < 1.29 is 14.3 Å². The number of ether oxygens (including phenoxy) is 1. The first-order valence-corrected chi connectivity index (χ1v) is 7.77. The summed E-state index contributed by atoms with van der Waals surface area (Å²) in [4.78, 5) is 26.4. The summed E-state index contributed by atoms with van der Waals surface area (Å²) in [5.41, 5.74) is 0.627. The van der Waals surface area contributed by atoms with Crippen molar-refractivity contribution in [3.05, 3.63) is 29.8 Å². The third-order valence-electron chi connectivity index (χ3n) is 4.12. The maximum Gasteiger partial charge on any atom is 0.223 e. The van der Waals surface area contributed by atoms with E-state index in [1.807, 2.05) is 11.9 Å². The number of carbonyl (C=O) groups excluding carboxylic acids is 2. The first kappa shape index (κ1) is 16.5. The molecule has 0 bridgehead atoms. The molecule has 0 saturated carbocycles. The minimum absolute atomic E-state index is 0.000339. The van der Waals surface area contributed by atoms with Gasteiger partial charge in [-0.05, 0) is 44.2 Å². The molecule has 1 aromatic carbocycles. The van der Waals surface area contributed by atoms with Crippen molar-refractivity contribution in [2.45, 2.75) is 31.7 Å². The van der Waals surface area contributed by atoms with Crippen LogP contribution in [-0.2, 0) is 4.79 Å². The predicted octanol–water partition coefficient (Wildman–Crippen LogP) is 1.87. The molecule has 5 nitrogen and oxygen atoms in total. The molecule has 1 aliphatic rings. The van der Waals surface area contributed by atoms with Gasteiger partial charge in [0.05, 0.1) is 7.11 Å². The van der Waals surface area contributed by atoms with Crippen LogP contribution in [0, 0.1) is 0 Å². The number of methoxy groups -OCH3 is 1. The zero-order chi connectivity index (χ0) is 15.9. The van der Waals surface area contributed by atoms with Crippen molar-refractivity contribution in [3.63, 3.8) is 0 Å². The lowest BCUT2D eigenvalue weighted by Gasteiger charge is -2.24. The Morgan fingerprint density at radius 1 is 1.27 bits per heavy atom. The molecule has 1 saturated heterocycles. The van der Waals surface area contributed by atoms with Crippen LogP contribution in [0.25, 0.3) is 0 Å². The highest BCUT2D eigenvalue weighted by Gasteiger charge is 2.27. The molecule has 0 spiro atoms. The van der Waals surface area contributed by atoms with E-state index >= 15 is 0 Å². The highest BCUT2D eigenvalue weighted by Crippen LogP contribution is 2.19. The van der Waals surface area contributed by atoms with Gasteiger partial charge in [-0.2, -0.15) is 0 Å². The second-order valence-corrected chi connectivity index (χ2v) is 5.59. The number of nitrogens with one attached hydrogen (secondary N) is 1. The number of benzene rings is 1. The molecular weight excluding hydrogens is 280 g/mol. The lowest BCUT2D eigenvalue weighted by molar-refractivity contribution is -0.131. The van der Waals surface area contributed by atoms with Gasteiger partial charge in [-0.25, -0.2) is 0 Å². The van der Waals surface area contributed by atoms with Crippen LogP contribution < -0.4 is 10.1 Å². The number of carbonyl (C=O) groups is 2. The molecular formula is C17H24N2O3. The van der Waals surface area contributed by atoms with E-state index < -0.39 is 0 Å². The molecule has 0 aliphatic carbocycles. The van der Waals surface area contributed by atoms with Crippen molar-refractivity contribution in [2.75, 3.05) is 27.2 Å². The minimum Gasteiger partial charge on any atom is -0.497 e. The molecule has 1 aromatic rings. The molecule has 1 atom stereocenters. The molecule has 22 heavy (non-hydrogen) atoms. The van der Waals surface area contributed by atoms with Gasteiger partial charge in [-0.1, -0.05) is 0 Å². The monoisotopic (exact) mass is 304 g/mol. The smallest absolute Gasteiger partial charge is 0.223 e. The van der Waals surface area contributed by atoms with E-state index in [-0.39, 0.29) is 30.6 Å². The first-order valence-electron chi connectivity index (χ1n) is 7.77. The minimum atomic E-state index is 0.000339. The average Bonchev–Trinajstić information content (AvgIpc) is 3.01. The summed E-state index contributed by atoms with van der Waals surface area (Å²) in [5, 5.41) is 3.12. The highest BCUT2D eigenvalue weighted by molar-refractivity contribution is 5.98. The number of Topliss-reactive ketones (excluding diaryl/α,β-unsaturated/α-hetero) is 1. The second kappa shape index (κ2) is 7.94. The molecule has 5 heteroatoms. The third kappa shape index (κ3) is 4.07. The van der Waals surface area contributed by atoms with E-state index in [4.69, 9.17) is 4.74 Å². The van der Waals surface area contributed by atoms with Crippen molar-refractivity contribution in [2.24, 2.45) is 0 Å². The van der Waals surface area contributed by atoms with Gasteiger partial charge in [0.1, 0.15) is 5.75 Å². The fourth-order valence-electron chi connectivity index (χ4n) is 2.90. The number of nitrogens with zero attached hydrogens (tertiary/aromatic N) is 1. The van der Waals surface area contributed by atoms with Gasteiger partial charge in [0.25, 0.3) is 0 Å². The quantitative estimate of drug-likeness (QED) is 0.781. The Bertz CT molecular complexity index is 513. The third-order valence-corrected chi connectivity index (χ3v) is 4.12. The summed E-state index contributed by atoms with van der Waals surface area (Å²) >= 11 is 0. The van der Waals surface area contributed by atoms with Crippen LogP contribution in [-0.4, -0.2) is 49.9 Å². The molecule has 2 rings (SSSR count). The Morgan fingerprint density at radius 2 is 2.00 bits per heavy atom. The van der Waals surface area contributed by atoms with Crippen LogP contribution >= 0.6 is 0 Å². The summed E-state index contributed by atoms with van der Waals surface area (Å²) in [6.07, 6.45) is 2.63. The lowest BCUT2D eigenvalue weighted by Crippen LogP contribution is -2.40. The van der Waals surface area contributed by atoms with Crippen LogP contribution in [0.5, 0.6) is 5.75 Å². The van der Waals surface area contributed by atoms with Crippen LogP contribution in [0.1, 0.15) is 36.0 Å². The van der Waals surface area contributed by atoms with Crippen molar-refractivity contribution in [1.29, 1.82) is 0 Å². The summed E-state index contributed by atoms with van der Waals surface area (Å²) in [5.74, 6) is 0.805. The van der Waals surface area contributed by atoms with Gasteiger partial charge >= 0.3 is 0 Å². The Balaban J connectivity index is 1.85. The molecule has 0 aromatic heterocycles. The van der Waals surface area contributed by atoms with E-state index in [1.54, 1.807) is 31.4 Å². The van der Waals surface area contributed by atoms with Gasteiger partial charge in [-0.15, -0.1) is 0 Å². The normalized spacial score (nSPS) is 17.5. The van der Waals surface area contributed by atoms with Crippen molar-refractivity contribution >= 4 is 11.7 Å². The molecule has 1 amide bonds. The second-order valence-electron chi connectivity index (χ2n) is 5.59. The molecule has 1 aliphatic heterocycles. The van der Waals surface area contributed by atoms with Crippen LogP contribution in [0.15, 0.2) is 24.3 Å². The maximum absolute atomic E-state index is 12.3.